The molecule has 1 saturated heterocycles. The molecule has 0 N–H and O–H groups in total. The lowest BCUT2D eigenvalue weighted by Crippen LogP contribution is -2.31. The number of rotatable bonds is 2. The van der Waals surface area contributed by atoms with Crippen LogP contribution in [0.15, 0.2) is 16.5 Å². The van der Waals surface area contributed by atoms with E-state index in [2.05, 4.69) is 9.88 Å². The fourth-order valence-corrected chi connectivity index (χ4v) is 3.71. The molecular weight excluding hydrogens is 309 g/mol. The molecule has 124 valence electrons. The smallest absolute Gasteiger partial charge is 0.420 e. The van der Waals surface area contributed by atoms with Crippen molar-refractivity contribution in [1.29, 1.82) is 0 Å². The van der Waals surface area contributed by atoms with Crippen molar-refractivity contribution in [1.82, 2.24) is 9.88 Å². The molecule has 0 radical (unpaired) electrons. The normalized spacial score (nSPS) is 25.4. The molecular formula is C16H17F3N2O2. The van der Waals surface area contributed by atoms with Crippen molar-refractivity contribution < 1.29 is 22.3 Å². The molecule has 23 heavy (non-hydrogen) atoms. The highest BCUT2D eigenvalue weighted by molar-refractivity contribution is 5.78. The van der Waals surface area contributed by atoms with Gasteiger partial charge in [0.2, 0.25) is 0 Å². The minimum atomic E-state index is -4.46. The van der Waals surface area contributed by atoms with Crippen LogP contribution in [0.3, 0.4) is 0 Å². The van der Waals surface area contributed by atoms with E-state index < -0.39 is 11.7 Å². The Balaban J connectivity index is 1.70. The molecule has 0 amide bonds. The van der Waals surface area contributed by atoms with Gasteiger partial charge in [0.15, 0.2) is 11.5 Å². The minimum Gasteiger partial charge on any atom is -0.440 e. The van der Waals surface area contributed by atoms with Crippen molar-refractivity contribution in [2.24, 2.45) is 0 Å². The summed E-state index contributed by atoms with van der Waals surface area (Å²) in [5.41, 5.74) is -0.0893. The van der Waals surface area contributed by atoms with Gasteiger partial charge in [-0.25, -0.2) is 4.98 Å². The first-order valence-electron chi connectivity index (χ1n) is 7.75. The Kier molecular flexibility index (Phi) is 3.39. The van der Waals surface area contributed by atoms with Crippen LogP contribution in [-0.2, 0) is 17.5 Å². The standard InChI is InChI=1S/C16H17F3N2O2/c1-9-20-12-6-10(5-11(15(12)23-9)16(17,18)19)7-21-8-22-14-4-2-3-13(14)21/h5-6,13-14H,2-4,7-8H2,1H3/t13-,14+/m1/s1. The molecule has 1 aromatic carbocycles. The quantitative estimate of drug-likeness (QED) is 0.840. The van der Waals surface area contributed by atoms with E-state index in [1.54, 1.807) is 13.0 Å². The van der Waals surface area contributed by atoms with Crippen molar-refractivity contribution in [2.45, 2.75) is 51.1 Å². The van der Waals surface area contributed by atoms with E-state index in [0.717, 1.165) is 19.3 Å². The van der Waals surface area contributed by atoms with Gasteiger partial charge in [-0.1, -0.05) is 0 Å². The van der Waals surface area contributed by atoms with Gasteiger partial charge < -0.3 is 9.15 Å². The number of aryl methyl sites for hydroxylation is 1. The van der Waals surface area contributed by atoms with Crippen LogP contribution >= 0.6 is 0 Å². The highest BCUT2D eigenvalue weighted by Crippen LogP contribution is 2.37. The summed E-state index contributed by atoms with van der Waals surface area (Å²) in [6, 6.07) is 3.18. The molecule has 2 aliphatic rings. The van der Waals surface area contributed by atoms with Crippen LogP contribution in [-0.4, -0.2) is 28.8 Å². The summed E-state index contributed by atoms with van der Waals surface area (Å²) in [6.07, 6.45) is -1.03. The second kappa shape index (κ2) is 5.21. The summed E-state index contributed by atoms with van der Waals surface area (Å²) in [6.45, 7) is 2.47. The molecule has 1 aliphatic heterocycles. The molecule has 2 aromatic rings. The second-order valence-corrected chi connectivity index (χ2v) is 6.30. The van der Waals surface area contributed by atoms with Gasteiger partial charge >= 0.3 is 6.18 Å². The largest absolute Gasteiger partial charge is 0.440 e. The lowest BCUT2D eigenvalue weighted by Gasteiger charge is -2.21. The van der Waals surface area contributed by atoms with Crippen LogP contribution in [0.1, 0.15) is 36.3 Å². The summed E-state index contributed by atoms with van der Waals surface area (Å²) < 4.78 is 50.8. The summed E-state index contributed by atoms with van der Waals surface area (Å²) in [5, 5.41) is 0. The number of ether oxygens (including phenoxy) is 1. The zero-order chi connectivity index (χ0) is 16.2. The van der Waals surface area contributed by atoms with Gasteiger partial charge in [-0.3, -0.25) is 4.90 Å². The van der Waals surface area contributed by atoms with E-state index in [0.29, 0.717) is 24.9 Å². The third kappa shape index (κ3) is 2.61. The van der Waals surface area contributed by atoms with Crippen molar-refractivity contribution in [3.63, 3.8) is 0 Å². The summed E-state index contributed by atoms with van der Waals surface area (Å²) in [4.78, 5) is 6.19. The molecule has 0 spiro atoms. The van der Waals surface area contributed by atoms with Crippen LogP contribution in [0.5, 0.6) is 0 Å². The number of alkyl halides is 3. The zero-order valence-corrected chi connectivity index (χ0v) is 12.7. The van der Waals surface area contributed by atoms with Crippen LogP contribution in [0.2, 0.25) is 0 Å². The minimum absolute atomic E-state index is 0.185. The molecule has 7 heteroatoms. The molecule has 2 heterocycles. The van der Waals surface area contributed by atoms with E-state index in [1.165, 1.54) is 6.07 Å². The SMILES string of the molecule is Cc1nc2cc(CN3CO[C@H]4CCC[C@H]43)cc(C(F)(F)F)c2o1. The van der Waals surface area contributed by atoms with Crippen molar-refractivity contribution in [3.05, 3.63) is 29.2 Å². The first-order valence-corrected chi connectivity index (χ1v) is 7.75. The third-order valence-electron chi connectivity index (χ3n) is 4.69. The fourth-order valence-electron chi connectivity index (χ4n) is 3.71. The Morgan fingerprint density at radius 3 is 2.91 bits per heavy atom. The topological polar surface area (TPSA) is 38.5 Å². The van der Waals surface area contributed by atoms with Crippen molar-refractivity contribution >= 4 is 11.1 Å². The maximum atomic E-state index is 13.3. The number of fused-ring (bicyclic) bond motifs is 2. The molecule has 1 aromatic heterocycles. The third-order valence-corrected chi connectivity index (χ3v) is 4.69. The number of nitrogens with zero attached hydrogens (tertiary/aromatic N) is 2. The molecule has 2 atom stereocenters. The predicted octanol–water partition coefficient (Wildman–Crippen LogP) is 3.87. The fraction of sp³-hybridized carbons (Fsp3) is 0.562. The van der Waals surface area contributed by atoms with E-state index in [-0.39, 0.29) is 23.1 Å². The Bertz CT molecular complexity index is 741. The van der Waals surface area contributed by atoms with Gasteiger partial charge in [-0.2, -0.15) is 13.2 Å². The first-order chi connectivity index (χ1) is 10.9. The lowest BCUT2D eigenvalue weighted by molar-refractivity contribution is -0.136. The Morgan fingerprint density at radius 2 is 2.13 bits per heavy atom. The Hall–Kier alpha value is -1.60. The molecule has 4 rings (SSSR count). The van der Waals surface area contributed by atoms with Crippen molar-refractivity contribution in [3.8, 4) is 0 Å². The molecule has 1 aliphatic carbocycles. The van der Waals surface area contributed by atoms with Crippen molar-refractivity contribution in [2.75, 3.05) is 6.73 Å². The molecule has 0 unspecified atom stereocenters. The number of hydrogen-bond donors (Lipinski definition) is 0. The van der Waals surface area contributed by atoms with E-state index in [1.807, 2.05) is 0 Å². The average molecular weight is 326 g/mol. The molecule has 2 fully saturated rings. The second-order valence-electron chi connectivity index (χ2n) is 6.30. The Labute approximate surface area is 131 Å². The Morgan fingerprint density at radius 1 is 1.30 bits per heavy atom. The van der Waals surface area contributed by atoms with Crippen LogP contribution in [0.4, 0.5) is 13.2 Å². The van der Waals surface area contributed by atoms with E-state index in [4.69, 9.17) is 9.15 Å². The number of hydrogen-bond acceptors (Lipinski definition) is 4. The van der Waals surface area contributed by atoms with Gasteiger partial charge in [-0.05, 0) is 37.0 Å². The molecule has 0 bridgehead atoms. The lowest BCUT2D eigenvalue weighted by atomic mass is 10.1. The van der Waals surface area contributed by atoms with E-state index in [9.17, 15) is 13.2 Å². The first kappa shape index (κ1) is 15.0. The summed E-state index contributed by atoms with van der Waals surface area (Å²) in [7, 11) is 0. The van der Waals surface area contributed by atoms with Crippen LogP contribution in [0.25, 0.3) is 11.1 Å². The predicted molar refractivity (Wildman–Crippen MR) is 76.7 cm³/mol. The van der Waals surface area contributed by atoms with Gasteiger partial charge in [0.1, 0.15) is 17.8 Å². The maximum absolute atomic E-state index is 13.3. The van der Waals surface area contributed by atoms with Gasteiger partial charge in [0.05, 0.1) is 6.10 Å². The monoisotopic (exact) mass is 326 g/mol. The molecule has 4 nitrogen and oxygen atoms in total. The summed E-state index contributed by atoms with van der Waals surface area (Å²) >= 11 is 0. The van der Waals surface area contributed by atoms with Gasteiger partial charge in [0.25, 0.3) is 0 Å². The summed E-state index contributed by atoms with van der Waals surface area (Å²) in [5.74, 6) is 0.239. The van der Waals surface area contributed by atoms with Crippen LogP contribution in [0, 0.1) is 6.92 Å². The van der Waals surface area contributed by atoms with Crippen LogP contribution < -0.4 is 0 Å². The number of aromatic nitrogens is 1. The number of oxazole rings is 1. The highest BCUT2D eigenvalue weighted by atomic mass is 19.4. The zero-order valence-electron chi connectivity index (χ0n) is 12.7. The van der Waals surface area contributed by atoms with Gasteiger partial charge in [-0.15, -0.1) is 0 Å². The highest BCUT2D eigenvalue weighted by Gasteiger charge is 2.39. The van der Waals surface area contributed by atoms with Gasteiger partial charge in [0, 0.05) is 19.5 Å². The van der Waals surface area contributed by atoms with E-state index >= 15 is 0 Å². The number of halogens is 3. The molecule has 1 saturated carbocycles. The maximum Gasteiger partial charge on any atom is 0.420 e. The number of benzene rings is 1. The average Bonchev–Trinajstić information content (AvgIpc) is 3.13.